The van der Waals surface area contributed by atoms with E-state index in [4.69, 9.17) is 10.5 Å². The molecular weight excluding hydrogens is 312 g/mol. The van der Waals surface area contributed by atoms with Crippen molar-refractivity contribution >= 4 is 33.1 Å². The lowest BCUT2D eigenvalue weighted by molar-refractivity contribution is 0.412. The monoisotopic (exact) mass is 326 g/mol. The van der Waals surface area contributed by atoms with Gasteiger partial charge in [0, 0.05) is 9.85 Å². The van der Waals surface area contributed by atoms with Crippen molar-refractivity contribution in [1.29, 1.82) is 0 Å². The number of aromatic nitrogens is 1. The zero-order chi connectivity index (χ0) is 13.4. The molecule has 96 valence electrons. The summed E-state index contributed by atoms with van der Waals surface area (Å²) in [6.45, 7) is 6.19. The topological polar surface area (TPSA) is 48.1 Å². The number of nitrogens with zero attached hydrogens (tertiary/aromatic N) is 1. The van der Waals surface area contributed by atoms with Crippen LogP contribution in [0.2, 0.25) is 0 Å². The maximum absolute atomic E-state index is 5.71. The smallest absolute Gasteiger partial charge is 0.135 e. The number of thiazole rings is 1. The molecule has 0 atom stereocenters. The van der Waals surface area contributed by atoms with Crippen LogP contribution in [0.3, 0.4) is 0 Å². The van der Waals surface area contributed by atoms with Crippen LogP contribution < -0.4 is 10.5 Å². The molecule has 0 radical (unpaired) electrons. The highest BCUT2D eigenvalue weighted by Crippen LogP contribution is 2.43. The van der Waals surface area contributed by atoms with E-state index in [0.717, 1.165) is 31.9 Å². The van der Waals surface area contributed by atoms with Crippen molar-refractivity contribution in [2.75, 3.05) is 12.8 Å². The highest BCUT2D eigenvalue weighted by atomic mass is 79.9. The number of hydrogen-bond donors (Lipinski definition) is 1. The van der Waals surface area contributed by atoms with E-state index in [0.29, 0.717) is 5.82 Å². The average Bonchev–Trinajstić information content (AvgIpc) is 2.77. The van der Waals surface area contributed by atoms with Gasteiger partial charge in [-0.05, 0) is 37.5 Å². The first-order valence-corrected chi connectivity index (χ1v) is 7.19. The summed E-state index contributed by atoms with van der Waals surface area (Å²) in [6.07, 6.45) is 0. The molecule has 0 spiro atoms. The molecule has 0 amide bonds. The Morgan fingerprint density at radius 3 is 2.39 bits per heavy atom. The summed E-state index contributed by atoms with van der Waals surface area (Å²) in [6, 6.07) is 0. The van der Waals surface area contributed by atoms with E-state index in [1.807, 2.05) is 5.38 Å². The van der Waals surface area contributed by atoms with Gasteiger partial charge in [0.1, 0.15) is 16.6 Å². The van der Waals surface area contributed by atoms with Crippen LogP contribution in [0.25, 0.3) is 10.6 Å². The number of methoxy groups -OCH3 is 1. The van der Waals surface area contributed by atoms with Crippen LogP contribution in [-0.4, -0.2) is 12.1 Å². The Morgan fingerprint density at radius 2 is 1.89 bits per heavy atom. The summed E-state index contributed by atoms with van der Waals surface area (Å²) < 4.78 is 6.66. The van der Waals surface area contributed by atoms with Gasteiger partial charge in [-0.3, -0.25) is 0 Å². The zero-order valence-corrected chi connectivity index (χ0v) is 13.2. The van der Waals surface area contributed by atoms with Gasteiger partial charge < -0.3 is 10.5 Å². The van der Waals surface area contributed by atoms with E-state index in [1.54, 1.807) is 7.11 Å². The number of nitrogen functional groups attached to an aromatic ring is 1. The Labute approximate surface area is 119 Å². The van der Waals surface area contributed by atoms with E-state index >= 15 is 0 Å². The lowest BCUT2D eigenvalue weighted by atomic mass is 9.99. The van der Waals surface area contributed by atoms with E-state index in [-0.39, 0.29) is 0 Å². The van der Waals surface area contributed by atoms with Gasteiger partial charge in [0.25, 0.3) is 0 Å². The van der Waals surface area contributed by atoms with Gasteiger partial charge in [0.2, 0.25) is 0 Å². The van der Waals surface area contributed by atoms with Gasteiger partial charge in [-0.2, -0.15) is 0 Å². The first kappa shape index (κ1) is 13.4. The van der Waals surface area contributed by atoms with Gasteiger partial charge in [-0.15, -0.1) is 11.3 Å². The van der Waals surface area contributed by atoms with Crippen LogP contribution in [-0.2, 0) is 0 Å². The van der Waals surface area contributed by atoms with Crippen molar-refractivity contribution in [2.45, 2.75) is 20.8 Å². The number of benzene rings is 1. The standard InChI is InChI=1S/C13H15BrN2OS/c1-6-7(2)12(17-4)10(8(3)11(6)14)13-16-9(15)5-18-13/h5H,15H2,1-4H3. The minimum absolute atomic E-state index is 0.547. The largest absolute Gasteiger partial charge is 0.496 e. The normalized spacial score (nSPS) is 10.7. The fraction of sp³-hybridized carbons (Fsp3) is 0.308. The Hall–Kier alpha value is -1.07. The Kier molecular flexibility index (Phi) is 3.64. The van der Waals surface area contributed by atoms with E-state index in [9.17, 15) is 0 Å². The second-order valence-electron chi connectivity index (χ2n) is 4.17. The molecular formula is C13H15BrN2OS. The highest BCUT2D eigenvalue weighted by molar-refractivity contribution is 9.10. The molecule has 3 nitrogen and oxygen atoms in total. The van der Waals surface area contributed by atoms with Gasteiger partial charge in [0.15, 0.2) is 0 Å². The number of hydrogen-bond acceptors (Lipinski definition) is 4. The highest BCUT2D eigenvalue weighted by Gasteiger charge is 2.20. The van der Waals surface area contributed by atoms with Gasteiger partial charge in [0.05, 0.1) is 12.7 Å². The SMILES string of the molecule is COc1c(C)c(C)c(Br)c(C)c1-c1nc(N)cs1. The van der Waals surface area contributed by atoms with Crippen LogP contribution in [0.5, 0.6) is 5.75 Å². The van der Waals surface area contributed by atoms with Gasteiger partial charge in [-0.25, -0.2) is 4.98 Å². The Balaban J connectivity index is 2.81. The van der Waals surface area contributed by atoms with E-state index < -0.39 is 0 Å². The molecule has 0 fully saturated rings. The number of rotatable bonds is 2. The van der Waals surface area contributed by atoms with Crippen molar-refractivity contribution in [3.63, 3.8) is 0 Å². The van der Waals surface area contributed by atoms with Crippen LogP contribution in [0, 0.1) is 20.8 Å². The predicted molar refractivity (Wildman–Crippen MR) is 80.4 cm³/mol. The molecule has 0 aliphatic heterocycles. The van der Waals surface area contributed by atoms with Crippen LogP contribution >= 0.6 is 27.3 Å². The quantitative estimate of drug-likeness (QED) is 0.904. The molecule has 0 unspecified atom stereocenters. The second-order valence-corrected chi connectivity index (χ2v) is 5.83. The third-order valence-corrected chi connectivity index (χ3v) is 5.17. The van der Waals surface area contributed by atoms with Crippen LogP contribution in [0.1, 0.15) is 16.7 Å². The third kappa shape index (κ3) is 2.01. The molecule has 1 heterocycles. The number of halogens is 1. The lowest BCUT2D eigenvalue weighted by Gasteiger charge is -2.17. The number of ether oxygens (including phenoxy) is 1. The molecule has 0 aliphatic rings. The van der Waals surface area contributed by atoms with Gasteiger partial charge >= 0.3 is 0 Å². The maximum atomic E-state index is 5.71. The summed E-state index contributed by atoms with van der Waals surface area (Å²) in [5, 5.41) is 2.74. The lowest BCUT2D eigenvalue weighted by Crippen LogP contribution is -1.99. The molecule has 2 N–H and O–H groups in total. The molecule has 1 aromatic carbocycles. The van der Waals surface area contributed by atoms with Crippen LogP contribution in [0.4, 0.5) is 5.82 Å². The minimum atomic E-state index is 0.547. The summed E-state index contributed by atoms with van der Waals surface area (Å²) in [5.41, 5.74) is 10.2. The Morgan fingerprint density at radius 1 is 1.22 bits per heavy atom. The molecule has 0 aliphatic carbocycles. The summed E-state index contributed by atoms with van der Waals surface area (Å²) in [5.74, 6) is 1.42. The fourth-order valence-corrected chi connectivity index (χ4v) is 3.30. The summed E-state index contributed by atoms with van der Waals surface area (Å²) >= 11 is 5.17. The minimum Gasteiger partial charge on any atom is -0.496 e. The zero-order valence-electron chi connectivity index (χ0n) is 10.8. The summed E-state index contributed by atoms with van der Waals surface area (Å²) in [7, 11) is 1.69. The van der Waals surface area contributed by atoms with Crippen molar-refractivity contribution < 1.29 is 4.74 Å². The first-order chi connectivity index (χ1) is 8.47. The Bertz CT molecular complexity index is 608. The van der Waals surface area contributed by atoms with E-state index in [2.05, 4.69) is 41.7 Å². The van der Waals surface area contributed by atoms with E-state index in [1.165, 1.54) is 16.9 Å². The average molecular weight is 327 g/mol. The second kappa shape index (κ2) is 4.90. The predicted octanol–water partition coefficient (Wildman–Crippen LogP) is 4.09. The maximum Gasteiger partial charge on any atom is 0.135 e. The first-order valence-electron chi connectivity index (χ1n) is 5.52. The molecule has 1 aromatic heterocycles. The third-order valence-electron chi connectivity index (χ3n) is 3.10. The molecule has 0 bridgehead atoms. The molecule has 0 saturated carbocycles. The van der Waals surface area contributed by atoms with Crippen molar-refractivity contribution in [1.82, 2.24) is 4.98 Å². The molecule has 2 rings (SSSR count). The van der Waals surface area contributed by atoms with Crippen molar-refractivity contribution in [3.8, 4) is 16.3 Å². The molecule has 5 heteroatoms. The number of nitrogens with two attached hydrogens (primary N) is 1. The molecule has 0 saturated heterocycles. The fourth-order valence-electron chi connectivity index (χ4n) is 2.00. The van der Waals surface area contributed by atoms with Crippen LogP contribution in [0.15, 0.2) is 9.85 Å². The molecule has 18 heavy (non-hydrogen) atoms. The number of anilines is 1. The summed E-state index contributed by atoms with van der Waals surface area (Å²) in [4.78, 5) is 4.36. The van der Waals surface area contributed by atoms with Crippen molar-refractivity contribution in [3.05, 3.63) is 26.5 Å². The van der Waals surface area contributed by atoms with Gasteiger partial charge in [-0.1, -0.05) is 15.9 Å². The molecule has 2 aromatic rings. The van der Waals surface area contributed by atoms with Crippen molar-refractivity contribution in [2.24, 2.45) is 0 Å².